The molecule has 2 aromatic rings. The number of phosphoric acid groups is 2. The van der Waals surface area contributed by atoms with E-state index in [0.29, 0.717) is 0 Å². The van der Waals surface area contributed by atoms with Crippen molar-refractivity contribution in [2.75, 3.05) is 14.2 Å². The van der Waals surface area contributed by atoms with Crippen LogP contribution in [0.2, 0.25) is 0 Å². The highest BCUT2D eigenvalue weighted by Crippen LogP contribution is 2.34. The lowest BCUT2D eigenvalue weighted by atomic mass is 10.1. The fourth-order valence-electron chi connectivity index (χ4n) is 1.67. The monoisotopic (exact) mass is 492 g/mol. The van der Waals surface area contributed by atoms with Gasteiger partial charge in [0.25, 0.3) is 0 Å². The molecule has 0 radical (unpaired) electrons. The minimum absolute atomic E-state index is 0.243. The van der Waals surface area contributed by atoms with Crippen LogP contribution >= 0.6 is 15.6 Å². The molecule has 0 aromatic heterocycles. The number of aromatic carboxylic acids is 2. The average Bonchev–Trinajstić information content (AvgIpc) is 2.72. The highest BCUT2D eigenvalue weighted by molar-refractivity contribution is 7.46. The summed E-state index contributed by atoms with van der Waals surface area (Å²) in [5.41, 5.74) is 2.23. The van der Waals surface area contributed by atoms with E-state index in [4.69, 9.17) is 29.8 Å². The predicted octanol–water partition coefficient (Wildman–Crippen LogP) is 2.70. The number of benzene rings is 2. The second-order valence-electron chi connectivity index (χ2n) is 5.53. The Morgan fingerprint density at radius 3 is 1.03 bits per heavy atom. The Morgan fingerprint density at radius 2 is 0.875 bits per heavy atom. The molecule has 6 N–H and O–H groups in total. The molecule has 14 heteroatoms. The Kier molecular flexibility index (Phi) is 12.5. The maximum atomic E-state index is 10.7. The predicted molar refractivity (Wildman–Crippen MR) is 114 cm³/mol. The molecule has 32 heavy (non-hydrogen) atoms. The SMILES string of the molecule is COP(=O)(O)O.COP(=O)(O)O.O=C(O)c1ccc(C=Cc2ccc(C(=O)O)cc2)cc1. The zero-order chi connectivity index (χ0) is 24.9. The standard InChI is InChI=1S/C16H12O4.2CH5O4P/c17-15(18)13-7-3-11(4-8-13)1-2-12-5-9-14(10-6-12)16(19)20;2*1-5-6(2,3)4/h1-10H,(H,17,18)(H,19,20);2*1H3,(H2,2,3,4). The van der Waals surface area contributed by atoms with Crippen molar-refractivity contribution in [3.63, 3.8) is 0 Å². The lowest BCUT2D eigenvalue weighted by Crippen LogP contribution is -1.95. The van der Waals surface area contributed by atoms with Gasteiger partial charge in [0.05, 0.1) is 11.1 Å². The first-order valence-corrected chi connectivity index (χ1v) is 11.3. The summed E-state index contributed by atoms with van der Waals surface area (Å²) in [6.07, 6.45) is 3.67. The van der Waals surface area contributed by atoms with Crippen molar-refractivity contribution < 1.29 is 57.6 Å². The van der Waals surface area contributed by atoms with Crippen LogP contribution in [0.5, 0.6) is 0 Å². The van der Waals surface area contributed by atoms with Crippen molar-refractivity contribution >= 4 is 39.7 Å². The van der Waals surface area contributed by atoms with Gasteiger partial charge >= 0.3 is 27.6 Å². The van der Waals surface area contributed by atoms with E-state index in [9.17, 15) is 18.7 Å². The van der Waals surface area contributed by atoms with Gasteiger partial charge in [-0.2, -0.15) is 0 Å². The van der Waals surface area contributed by atoms with Crippen molar-refractivity contribution in [3.05, 3.63) is 70.8 Å². The number of rotatable bonds is 6. The lowest BCUT2D eigenvalue weighted by molar-refractivity contribution is 0.0686. The molecule has 0 amide bonds. The van der Waals surface area contributed by atoms with E-state index in [2.05, 4.69) is 9.05 Å². The molecule has 0 aliphatic rings. The second kappa shape index (κ2) is 13.7. The summed E-state index contributed by atoms with van der Waals surface area (Å²) in [4.78, 5) is 52.3. The van der Waals surface area contributed by atoms with Crippen molar-refractivity contribution in [2.24, 2.45) is 0 Å². The van der Waals surface area contributed by atoms with E-state index in [0.717, 1.165) is 25.3 Å². The molecule has 0 saturated heterocycles. The highest BCUT2D eigenvalue weighted by Gasteiger charge is 2.08. The molecule has 0 unspecified atom stereocenters. The molecule has 0 bridgehead atoms. The molecular weight excluding hydrogens is 470 g/mol. The van der Waals surface area contributed by atoms with Gasteiger partial charge in [0.1, 0.15) is 0 Å². The summed E-state index contributed by atoms with van der Waals surface area (Å²) in [7, 11) is -6.40. The van der Waals surface area contributed by atoms with Crippen LogP contribution in [0.25, 0.3) is 12.2 Å². The van der Waals surface area contributed by atoms with Crippen LogP contribution in [-0.2, 0) is 18.2 Å². The first kappa shape index (κ1) is 29.3. The molecule has 0 heterocycles. The van der Waals surface area contributed by atoms with E-state index < -0.39 is 27.6 Å². The zero-order valence-corrected chi connectivity index (χ0v) is 18.6. The fourth-order valence-corrected chi connectivity index (χ4v) is 1.67. The number of carbonyl (C=O) groups is 2. The zero-order valence-electron chi connectivity index (χ0n) is 16.8. The summed E-state index contributed by atoms with van der Waals surface area (Å²) >= 11 is 0. The van der Waals surface area contributed by atoms with Crippen molar-refractivity contribution in [1.82, 2.24) is 0 Å². The Labute approximate surface area is 182 Å². The number of hydrogen-bond donors (Lipinski definition) is 6. The van der Waals surface area contributed by atoms with Crippen molar-refractivity contribution in [2.45, 2.75) is 0 Å². The third kappa shape index (κ3) is 14.4. The van der Waals surface area contributed by atoms with E-state index in [1.54, 1.807) is 24.3 Å². The van der Waals surface area contributed by atoms with Gasteiger partial charge < -0.3 is 29.8 Å². The van der Waals surface area contributed by atoms with E-state index in [1.807, 2.05) is 12.2 Å². The van der Waals surface area contributed by atoms with Crippen molar-refractivity contribution in [3.8, 4) is 0 Å². The second-order valence-corrected chi connectivity index (χ2v) is 8.23. The molecule has 12 nitrogen and oxygen atoms in total. The minimum Gasteiger partial charge on any atom is -0.478 e. The van der Waals surface area contributed by atoms with Gasteiger partial charge in [0.2, 0.25) is 0 Å². The summed E-state index contributed by atoms with van der Waals surface area (Å²) in [5, 5.41) is 17.6. The smallest absolute Gasteiger partial charge is 0.469 e. The van der Waals surface area contributed by atoms with Crippen LogP contribution in [0.15, 0.2) is 48.5 Å². The molecule has 0 saturated carbocycles. The summed E-state index contributed by atoms with van der Waals surface area (Å²) in [5.74, 6) is -1.91. The van der Waals surface area contributed by atoms with Gasteiger partial charge in [0.15, 0.2) is 0 Å². The van der Waals surface area contributed by atoms with Gasteiger partial charge in [-0.15, -0.1) is 0 Å². The summed E-state index contributed by atoms with van der Waals surface area (Å²) in [6, 6.07) is 13.0. The molecule has 0 aliphatic heterocycles. The number of hydrogen-bond acceptors (Lipinski definition) is 6. The molecule has 0 aliphatic carbocycles. The molecule has 0 spiro atoms. The van der Waals surface area contributed by atoms with Crippen LogP contribution < -0.4 is 0 Å². The first-order chi connectivity index (χ1) is 14.7. The van der Waals surface area contributed by atoms with E-state index in [1.165, 1.54) is 24.3 Å². The average molecular weight is 492 g/mol. The molecule has 0 fully saturated rings. The topological polar surface area (TPSA) is 208 Å². The largest absolute Gasteiger partial charge is 0.478 e. The molecule has 2 rings (SSSR count). The number of carboxylic acids is 2. The summed E-state index contributed by atoms with van der Waals surface area (Å²) < 4.78 is 26.2. The number of carboxylic acid groups (broad SMARTS) is 2. The third-order valence-corrected chi connectivity index (χ3v) is 4.21. The van der Waals surface area contributed by atoms with Crippen LogP contribution in [-0.4, -0.2) is 55.9 Å². The van der Waals surface area contributed by atoms with Gasteiger partial charge in [-0.25, -0.2) is 18.7 Å². The lowest BCUT2D eigenvalue weighted by Gasteiger charge is -1.97. The quantitative estimate of drug-likeness (QED) is 0.254. The number of phosphoric ester groups is 2. The first-order valence-electron chi connectivity index (χ1n) is 8.26. The molecule has 2 aromatic carbocycles. The summed E-state index contributed by atoms with van der Waals surface area (Å²) in [6.45, 7) is 0. The molecular formula is C18H22O12P2. The maximum absolute atomic E-state index is 10.7. The van der Waals surface area contributed by atoms with Gasteiger partial charge in [0, 0.05) is 14.2 Å². The van der Waals surface area contributed by atoms with E-state index >= 15 is 0 Å². The Balaban J connectivity index is 0.000000662. The Morgan fingerprint density at radius 1 is 0.656 bits per heavy atom. The van der Waals surface area contributed by atoms with Crippen LogP contribution in [0.3, 0.4) is 0 Å². The molecule has 0 atom stereocenters. The normalized spacial score (nSPS) is 11.1. The molecule has 176 valence electrons. The maximum Gasteiger partial charge on any atom is 0.469 e. The fraction of sp³-hybridized carbons (Fsp3) is 0.111. The van der Waals surface area contributed by atoms with Gasteiger partial charge in [-0.05, 0) is 35.4 Å². The Hall–Kier alpha value is -2.66. The van der Waals surface area contributed by atoms with Gasteiger partial charge in [-0.1, -0.05) is 36.4 Å². The third-order valence-electron chi connectivity index (χ3n) is 3.26. The van der Waals surface area contributed by atoms with Crippen LogP contribution in [0.1, 0.15) is 31.8 Å². The van der Waals surface area contributed by atoms with Crippen LogP contribution in [0, 0.1) is 0 Å². The Bertz CT molecular complexity index is 906. The highest BCUT2D eigenvalue weighted by atomic mass is 31.2. The van der Waals surface area contributed by atoms with E-state index in [-0.39, 0.29) is 11.1 Å². The van der Waals surface area contributed by atoms with Crippen molar-refractivity contribution in [1.29, 1.82) is 0 Å². The minimum atomic E-state index is -4.15. The van der Waals surface area contributed by atoms with Crippen LogP contribution in [0.4, 0.5) is 0 Å². The van der Waals surface area contributed by atoms with Gasteiger partial charge in [-0.3, -0.25) is 9.05 Å².